The minimum Gasteiger partial charge on any atom is -0.508 e. The van der Waals surface area contributed by atoms with Gasteiger partial charge in [-0.15, -0.1) is 0 Å². The molecule has 0 radical (unpaired) electrons. The van der Waals surface area contributed by atoms with Gasteiger partial charge in [-0.25, -0.2) is 0 Å². The summed E-state index contributed by atoms with van der Waals surface area (Å²) in [5, 5.41) is 30.2. The maximum atomic E-state index is 10.9. The first-order valence-electron chi connectivity index (χ1n) is 13.6. The van der Waals surface area contributed by atoms with Crippen molar-refractivity contribution < 1.29 is 20.1 Å². The van der Waals surface area contributed by atoms with Crippen LogP contribution in [-0.4, -0.2) is 46.5 Å². The van der Waals surface area contributed by atoms with Gasteiger partial charge in [0.1, 0.15) is 5.75 Å². The Labute approximate surface area is 222 Å². The van der Waals surface area contributed by atoms with E-state index in [2.05, 4.69) is 47.4 Å². The van der Waals surface area contributed by atoms with Gasteiger partial charge >= 0.3 is 0 Å². The van der Waals surface area contributed by atoms with E-state index in [0.717, 1.165) is 64.8 Å². The van der Waals surface area contributed by atoms with Crippen LogP contribution in [-0.2, 0) is 24.3 Å². The molecule has 0 spiro atoms. The summed E-state index contributed by atoms with van der Waals surface area (Å²) < 4.78 is 5.83. The molecule has 0 aromatic heterocycles. The van der Waals surface area contributed by atoms with Crippen LogP contribution in [0.1, 0.15) is 66.9 Å². The zero-order chi connectivity index (χ0) is 26.1. The van der Waals surface area contributed by atoms with E-state index in [-0.39, 0.29) is 12.4 Å². The van der Waals surface area contributed by atoms with Crippen LogP contribution in [0.4, 0.5) is 0 Å². The number of aliphatic hydroxyl groups excluding tert-OH is 2. The van der Waals surface area contributed by atoms with Crippen LogP contribution >= 0.6 is 0 Å². The zero-order valence-corrected chi connectivity index (χ0v) is 22.0. The molecule has 0 heterocycles. The van der Waals surface area contributed by atoms with Crippen LogP contribution in [0, 0.1) is 0 Å². The van der Waals surface area contributed by atoms with Gasteiger partial charge in [0.05, 0.1) is 12.7 Å². The second kappa shape index (κ2) is 16.9. The summed E-state index contributed by atoms with van der Waals surface area (Å²) in [6, 6.07) is 25.9. The second-order valence-corrected chi connectivity index (χ2v) is 9.75. The number of aromatic hydroxyl groups is 1. The number of nitrogens with zero attached hydrogens (tertiary/aromatic N) is 1. The lowest BCUT2D eigenvalue weighted by molar-refractivity contribution is 0.106. The molecule has 0 unspecified atom stereocenters. The Balaban J connectivity index is 1.34. The summed E-state index contributed by atoms with van der Waals surface area (Å²) in [5.41, 5.74) is 3.76. The molecule has 200 valence electrons. The summed E-state index contributed by atoms with van der Waals surface area (Å²) in [5.74, 6) is 0.0516. The summed E-state index contributed by atoms with van der Waals surface area (Å²) >= 11 is 0. The van der Waals surface area contributed by atoms with Crippen molar-refractivity contribution in [3.8, 4) is 5.75 Å². The Morgan fingerprint density at radius 1 is 0.730 bits per heavy atom. The van der Waals surface area contributed by atoms with Gasteiger partial charge in [-0.1, -0.05) is 79.6 Å². The first-order valence-corrected chi connectivity index (χ1v) is 13.6. The fourth-order valence-electron chi connectivity index (χ4n) is 4.54. The monoisotopic (exact) mass is 505 g/mol. The van der Waals surface area contributed by atoms with Gasteiger partial charge in [0, 0.05) is 31.9 Å². The molecule has 3 rings (SSSR count). The van der Waals surface area contributed by atoms with Crippen molar-refractivity contribution in [1.29, 1.82) is 0 Å². The van der Waals surface area contributed by atoms with E-state index >= 15 is 0 Å². The average Bonchev–Trinajstić information content (AvgIpc) is 2.93. The Morgan fingerprint density at radius 3 is 2.08 bits per heavy atom. The largest absolute Gasteiger partial charge is 0.508 e. The van der Waals surface area contributed by atoms with Crippen LogP contribution in [0.25, 0.3) is 0 Å². The summed E-state index contributed by atoms with van der Waals surface area (Å²) in [7, 11) is 0. The molecule has 0 bridgehead atoms. The number of rotatable bonds is 18. The van der Waals surface area contributed by atoms with Crippen molar-refractivity contribution in [3.05, 3.63) is 101 Å². The number of aryl methyl sites for hydroxylation is 1. The molecular weight excluding hydrogens is 462 g/mol. The lowest BCUT2D eigenvalue weighted by Crippen LogP contribution is -2.29. The molecule has 5 nitrogen and oxygen atoms in total. The predicted molar refractivity (Wildman–Crippen MR) is 149 cm³/mol. The minimum absolute atomic E-state index is 0.0516. The van der Waals surface area contributed by atoms with Crippen molar-refractivity contribution in [2.75, 3.05) is 26.3 Å². The van der Waals surface area contributed by atoms with Crippen molar-refractivity contribution in [3.63, 3.8) is 0 Å². The molecule has 5 heteroatoms. The summed E-state index contributed by atoms with van der Waals surface area (Å²) in [6.07, 6.45) is 7.12. The maximum absolute atomic E-state index is 10.9. The molecule has 0 saturated carbocycles. The van der Waals surface area contributed by atoms with E-state index in [1.165, 1.54) is 23.6 Å². The number of unbranched alkanes of at least 4 members (excludes halogenated alkanes) is 4. The molecule has 3 N–H and O–H groups in total. The number of aliphatic hydroxyl groups is 2. The Hall–Kier alpha value is -2.70. The molecule has 0 amide bonds. The van der Waals surface area contributed by atoms with Gasteiger partial charge < -0.3 is 20.1 Å². The molecule has 0 saturated heterocycles. The SMILES string of the molecule is OCc1cc([C@H](O)CN(CCCCCCOCCCCc2ccccc2)Cc2ccccc2)ccc1O. The molecule has 1 atom stereocenters. The predicted octanol–water partition coefficient (Wildman–Crippen LogP) is 6.02. The summed E-state index contributed by atoms with van der Waals surface area (Å²) in [6.45, 7) is 3.58. The lowest BCUT2D eigenvalue weighted by atomic mass is 10.0. The van der Waals surface area contributed by atoms with Crippen molar-refractivity contribution in [2.45, 2.75) is 64.2 Å². The first kappa shape index (κ1) is 28.9. The van der Waals surface area contributed by atoms with Crippen LogP contribution in [0.3, 0.4) is 0 Å². The molecular formula is C32H43NO4. The molecule has 0 fully saturated rings. The maximum Gasteiger partial charge on any atom is 0.121 e. The van der Waals surface area contributed by atoms with Gasteiger partial charge in [-0.05, 0) is 67.5 Å². The fourth-order valence-corrected chi connectivity index (χ4v) is 4.54. The molecule has 3 aromatic carbocycles. The average molecular weight is 506 g/mol. The van der Waals surface area contributed by atoms with Gasteiger partial charge in [0.2, 0.25) is 0 Å². The fraction of sp³-hybridized carbons (Fsp3) is 0.438. The Morgan fingerprint density at radius 2 is 1.38 bits per heavy atom. The van der Waals surface area contributed by atoms with E-state index in [9.17, 15) is 15.3 Å². The standard InChI is InChI=1S/C32H43NO4/c34-26-30-23-29(18-19-31(30)35)32(36)25-33(24-28-16-7-4-8-17-28)20-10-1-2-11-21-37-22-12-9-15-27-13-5-3-6-14-27/h3-8,13-14,16-19,23,32,34-36H,1-2,9-12,15,20-22,24-26H2/t32-/m1/s1. The number of ether oxygens (including phenoxy) is 1. The number of benzene rings is 3. The van der Waals surface area contributed by atoms with Crippen LogP contribution in [0.2, 0.25) is 0 Å². The highest BCUT2D eigenvalue weighted by Crippen LogP contribution is 2.24. The van der Waals surface area contributed by atoms with Crippen LogP contribution in [0.15, 0.2) is 78.9 Å². The van der Waals surface area contributed by atoms with Crippen molar-refractivity contribution in [2.24, 2.45) is 0 Å². The van der Waals surface area contributed by atoms with Gasteiger partial charge in [0.25, 0.3) is 0 Å². The van der Waals surface area contributed by atoms with E-state index in [1.54, 1.807) is 12.1 Å². The van der Waals surface area contributed by atoms with E-state index in [0.29, 0.717) is 17.7 Å². The second-order valence-electron chi connectivity index (χ2n) is 9.75. The van der Waals surface area contributed by atoms with Crippen LogP contribution < -0.4 is 0 Å². The number of hydrogen-bond acceptors (Lipinski definition) is 5. The van der Waals surface area contributed by atoms with Crippen LogP contribution in [0.5, 0.6) is 5.75 Å². The quantitative estimate of drug-likeness (QED) is 0.184. The van der Waals surface area contributed by atoms with Gasteiger partial charge in [-0.2, -0.15) is 0 Å². The lowest BCUT2D eigenvalue weighted by Gasteiger charge is -2.26. The van der Waals surface area contributed by atoms with Gasteiger partial charge in [0.15, 0.2) is 0 Å². The Kier molecular flexibility index (Phi) is 13.2. The zero-order valence-electron chi connectivity index (χ0n) is 22.0. The minimum atomic E-state index is -0.690. The molecule has 37 heavy (non-hydrogen) atoms. The number of phenols is 1. The van der Waals surface area contributed by atoms with Gasteiger partial charge in [-0.3, -0.25) is 4.90 Å². The molecule has 0 aliphatic heterocycles. The normalized spacial score (nSPS) is 12.2. The van der Waals surface area contributed by atoms with Crippen molar-refractivity contribution in [1.82, 2.24) is 4.90 Å². The highest BCUT2D eigenvalue weighted by molar-refractivity contribution is 5.36. The number of hydrogen-bond donors (Lipinski definition) is 3. The highest BCUT2D eigenvalue weighted by atomic mass is 16.5. The third kappa shape index (κ3) is 11.1. The van der Waals surface area contributed by atoms with E-state index < -0.39 is 6.10 Å². The van der Waals surface area contributed by atoms with Crippen molar-refractivity contribution >= 4 is 0 Å². The smallest absolute Gasteiger partial charge is 0.121 e. The third-order valence-electron chi connectivity index (χ3n) is 6.70. The van der Waals surface area contributed by atoms with E-state index in [1.807, 2.05) is 18.2 Å². The Bertz CT molecular complexity index is 996. The topological polar surface area (TPSA) is 73.2 Å². The highest BCUT2D eigenvalue weighted by Gasteiger charge is 2.15. The molecule has 0 aliphatic rings. The first-order chi connectivity index (χ1) is 18.2. The molecule has 0 aliphatic carbocycles. The molecule has 3 aromatic rings. The third-order valence-corrected chi connectivity index (χ3v) is 6.70. The van der Waals surface area contributed by atoms with E-state index in [4.69, 9.17) is 4.74 Å². The summed E-state index contributed by atoms with van der Waals surface area (Å²) in [4.78, 5) is 2.29.